The Kier molecular flexibility index (Phi) is 3.50. The second-order valence-corrected chi connectivity index (χ2v) is 2.70. The average molecular weight is 210 g/mol. The molecule has 1 heterocycles. The van der Waals surface area contributed by atoms with Gasteiger partial charge in [-0.25, -0.2) is 0 Å². The summed E-state index contributed by atoms with van der Waals surface area (Å²) < 4.78 is 5.03. The number of nitrogen functional groups attached to an aromatic ring is 1. The van der Waals surface area contributed by atoms with E-state index in [9.17, 15) is 0 Å². The van der Waals surface area contributed by atoms with Crippen molar-refractivity contribution in [1.29, 1.82) is 15.8 Å². The number of allylic oxidation sites excluding steroid dienone is 3. The Balaban J connectivity index is 2.88. The van der Waals surface area contributed by atoms with Crippen LogP contribution >= 0.6 is 0 Å². The van der Waals surface area contributed by atoms with Gasteiger partial charge in [-0.05, 0) is 12.2 Å². The molecule has 1 rings (SSSR count). The van der Waals surface area contributed by atoms with Gasteiger partial charge in [0, 0.05) is 6.07 Å². The van der Waals surface area contributed by atoms with Crippen LogP contribution in [-0.2, 0) is 0 Å². The molecule has 5 heteroatoms. The van der Waals surface area contributed by atoms with Crippen molar-refractivity contribution in [3.05, 3.63) is 35.1 Å². The topological polar surface area (TPSA) is 111 Å². The zero-order chi connectivity index (χ0) is 12.0. The lowest BCUT2D eigenvalue weighted by Crippen LogP contribution is -1.82. The third-order valence-electron chi connectivity index (χ3n) is 1.66. The van der Waals surface area contributed by atoms with Crippen molar-refractivity contribution < 1.29 is 4.42 Å². The molecule has 16 heavy (non-hydrogen) atoms. The van der Waals surface area contributed by atoms with Crippen LogP contribution in [-0.4, -0.2) is 0 Å². The summed E-state index contributed by atoms with van der Waals surface area (Å²) in [5.74, 6) is 0.437. The molecule has 76 valence electrons. The van der Waals surface area contributed by atoms with Crippen LogP contribution in [0.3, 0.4) is 0 Å². The van der Waals surface area contributed by atoms with E-state index in [1.807, 2.05) is 6.07 Å². The summed E-state index contributed by atoms with van der Waals surface area (Å²) in [6, 6.07) is 6.75. The Bertz CT molecular complexity index is 557. The van der Waals surface area contributed by atoms with Crippen LogP contribution in [0, 0.1) is 34.0 Å². The summed E-state index contributed by atoms with van der Waals surface area (Å²) in [6.45, 7) is 0. The van der Waals surface area contributed by atoms with Crippen LogP contribution in [0.1, 0.15) is 11.3 Å². The van der Waals surface area contributed by atoms with Crippen molar-refractivity contribution >= 4 is 12.0 Å². The summed E-state index contributed by atoms with van der Waals surface area (Å²) >= 11 is 0. The molecule has 0 bridgehead atoms. The first-order chi connectivity index (χ1) is 7.71. The van der Waals surface area contributed by atoms with Crippen LogP contribution in [0.5, 0.6) is 0 Å². The van der Waals surface area contributed by atoms with Gasteiger partial charge in [-0.15, -0.1) is 0 Å². The molecule has 0 saturated heterocycles. The minimum Gasteiger partial charge on any atom is -0.440 e. The molecule has 0 saturated carbocycles. The summed E-state index contributed by atoms with van der Waals surface area (Å²) in [4.78, 5) is 0. The number of anilines is 1. The predicted octanol–water partition coefficient (Wildman–Crippen LogP) is 1.72. The van der Waals surface area contributed by atoms with E-state index in [-0.39, 0.29) is 17.0 Å². The van der Waals surface area contributed by atoms with Crippen molar-refractivity contribution in [2.75, 3.05) is 5.73 Å². The molecule has 0 aliphatic heterocycles. The van der Waals surface area contributed by atoms with E-state index < -0.39 is 0 Å². The molecule has 0 amide bonds. The standard InChI is InChI=1S/C11H6N4O/c12-5-8(6-13)2-1-3-10-4-9(7-14)11(15)16-10/h1-4H,15H2/b3-1-. The molecule has 0 unspecified atom stereocenters. The molecule has 0 spiro atoms. The second-order valence-electron chi connectivity index (χ2n) is 2.70. The maximum Gasteiger partial charge on any atom is 0.208 e. The first-order valence-electron chi connectivity index (χ1n) is 4.19. The number of nitrogens with two attached hydrogens (primary N) is 1. The van der Waals surface area contributed by atoms with Gasteiger partial charge in [0.15, 0.2) is 0 Å². The number of nitriles is 3. The molecule has 2 N–H and O–H groups in total. The predicted molar refractivity (Wildman–Crippen MR) is 56.2 cm³/mol. The van der Waals surface area contributed by atoms with Gasteiger partial charge in [0.25, 0.3) is 0 Å². The Morgan fingerprint density at radius 2 is 2.00 bits per heavy atom. The molecule has 5 nitrogen and oxygen atoms in total. The summed E-state index contributed by atoms with van der Waals surface area (Å²) in [5, 5.41) is 25.5. The Labute approximate surface area is 91.9 Å². The van der Waals surface area contributed by atoms with Crippen molar-refractivity contribution in [3.63, 3.8) is 0 Å². The fourth-order valence-electron chi connectivity index (χ4n) is 0.933. The third-order valence-corrected chi connectivity index (χ3v) is 1.66. The molecule has 1 aromatic rings. The van der Waals surface area contributed by atoms with Crippen LogP contribution in [0.4, 0.5) is 5.88 Å². The highest BCUT2D eigenvalue weighted by Crippen LogP contribution is 2.17. The van der Waals surface area contributed by atoms with Crippen LogP contribution in [0.2, 0.25) is 0 Å². The van der Waals surface area contributed by atoms with Gasteiger partial charge in [-0.3, -0.25) is 0 Å². The molecular formula is C11H6N4O. The number of furan rings is 1. The van der Waals surface area contributed by atoms with Gasteiger partial charge in [-0.2, -0.15) is 15.8 Å². The smallest absolute Gasteiger partial charge is 0.208 e. The van der Waals surface area contributed by atoms with E-state index in [1.54, 1.807) is 12.1 Å². The number of rotatable bonds is 2. The number of hydrogen-bond donors (Lipinski definition) is 1. The minimum atomic E-state index is -0.0173. The fourth-order valence-corrected chi connectivity index (χ4v) is 0.933. The zero-order valence-corrected chi connectivity index (χ0v) is 8.14. The molecule has 1 aromatic heterocycles. The largest absolute Gasteiger partial charge is 0.440 e. The SMILES string of the molecule is N#CC(C#N)=C/C=C\c1cc(C#N)c(N)o1. The normalized spacial score (nSPS) is 9.06. The quantitative estimate of drug-likeness (QED) is 0.590. The number of hydrogen-bond acceptors (Lipinski definition) is 5. The van der Waals surface area contributed by atoms with Gasteiger partial charge >= 0.3 is 0 Å². The van der Waals surface area contributed by atoms with E-state index >= 15 is 0 Å². The fraction of sp³-hybridized carbons (Fsp3) is 0. The molecule has 0 aromatic carbocycles. The summed E-state index contributed by atoms with van der Waals surface area (Å²) in [7, 11) is 0. The lowest BCUT2D eigenvalue weighted by molar-refractivity contribution is 0.576. The van der Waals surface area contributed by atoms with Gasteiger partial charge in [-0.1, -0.05) is 6.08 Å². The van der Waals surface area contributed by atoms with E-state index in [1.165, 1.54) is 24.3 Å². The maximum atomic E-state index is 8.61. The first kappa shape index (κ1) is 11.1. The summed E-state index contributed by atoms with van der Waals surface area (Å²) in [5.41, 5.74) is 5.63. The third kappa shape index (κ3) is 2.51. The van der Waals surface area contributed by atoms with Gasteiger partial charge < -0.3 is 10.2 Å². The molecular weight excluding hydrogens is 204 g/mol. The highest BCUT2D eigenvalue weighted by Gasteiger charge is 2.03. The monoisotopic (exact) mass is 210 g/mol. The Hall–Kier alpha value is -2.97. The van der Waals surface area contributed by atoms with E-state index in [2.05, 4.69) is 0 Å². The molecule has 0 aliphatic rings. The van der Waals surface area contributed by atoms with Crippen molar-refractivity contribution in [3.8, 4) is 18.2 Å². The van der Waals surface area contributed by atoms with E-state index in [4.69, 9.17) is 25.9 Å². The lowest BCUT2D eigenvalue weighted by Gasteiger charge is -1.82. The number of nitrogens with zero attached hydrogens (tertiary/aromatic N) is 3. The Morgan fingerprint density at radius 1 is 1.31 bits per heavy atom. The van der Waals surface area contributed by atoms with E-state index in [0.29, 0.717) is 5.76 Å². The van der Waals surface area contributed by atoms with Gasteiger partial charge in [0.2, 0.25) is 5.88 Å². The molecule has 0 aliphatic carbocycles. The van der Waals surface area contributed by atoms with Crippen LogP contribution in [0.25, 0.3) is 6.08 Å². The molecule has 0 radical (unpaired) electrons. The van der Waals surface area contributed by atoms with Crippen molar-refractivity contribution in [2.24, 2.45) is 0 Å². The Morgan fingerprint density at radius 3 is 2.50 bits per heavy atom. The van der Waals surface area contributed by atoms with Gasteiger partial charge in [0.05, 0.1) is 0 Å². The van der Waals surface area contributed by atoms with E-state index in [0.717, 1.165) is 0 Å². The summed E-state index contributed by atoms with van der Waals surface area (Å²) in [6.07, 6.45) is 4.32. The maximum absolute atomic E-state index is 8.61. The molecule has 0 fully saturated rings. The lowest BCUT2D eigenvalue weighted by atomic mass is 10.2. The second kappa shape index (κ2) is 5.05. The minimum absolute atomic E-state index is 0.0173. The highest BCUT2D eigenvalue weighted by atomic mass is 16.3. The van der Waals surface area contributed by atoms with Crippen molar-refractivity contribution in [2.45, 2.75) is 0 Å². The van der Waals surface area contributed by atoms with Crippen molar-refractivity contribution in [1.82, 2.24) is 0 Å². The highest BCUT2D eigenvalue weighted by molar-refractivity contribution is 5.56. The zero-order valence-electron chi connectivity index (χ0n) is 8.14. The van der Waals surface area contributed by atoms with Crippen LogP contribution in [0.15, 0.2) is 28.2 Å². The van der Waals surface area contributed by atoms with Crippen LogP contribution < -0.4 is 5.73 Å². The van der Waals surface area contributed by atoms with Gasteiger partial charge in [0.1, 0.15) is 35.1 Å². The molecule has 0 atom stereocenters. The average Bonchev–Trinajstić information content (AvgIpc) is 2.65. The first-order valence-corrected chi connectivity index (χ1v) is 4.19.